The van der Waals surface area contributed by atoms with Gasteiger partial charge in [-0.05, 0) is 24.3 Å². The molecule has 0 radical (unpaired) electrons. The van der Waals surface area contributed by atoms with Crippen molar-refractivity contribution in [2.24, 2.45) is 5.92 Å². The summed E-state index contributed by atoms with van der Waals surface area (Å²) in [5.74, 6) is -0.311. The molecular weight excluding hydrogens is 302 g/mol. The Morgan fingerprint density at radius 1 is 1.36 bits per heavy atom. The molecule has 1 aromatic rings. The van der Waals surface area contributed by atoms with Crippen molar-refractivity contribution in [2.75, 3.05) is 38.6 Å². The molecule has 0 aliphatic carbocycles. The molecule has 1 aliphatic heterocycles. The Balaban J connectivity index is 1.86. The predicted octanol–water partition coefficient (Wildman–Crippen LogP) is 0.344. The van der Waals surface area contributed by atoms with Gasteiger partial charge in [0.1, 0.15) is 0 Å². The molecular formula is C16H23ClN3O2+. The fourth-order valence-electron chi connectivity index (χ4n) is 2.55. The zero-order valence-electron chi connectivity index (χ0n) is 13.1. The van der Waals surface area contributed by atoms with Gasteiger partial charge in [0.25, 0.3) is 0 Å². The van der Waals surface area contributed by atoms with E-state index >= 15 is 0 Å². The van der Waals surface area contributed by atoms with Crippen LogP contribution in [0.3, 0.4) is 0 Å². The van der Waals surface area contributed by atoms with Gasteiger partial charge in [0.2, 0.25) is 11.8 Å². The van der Waals surface area contributed by atoms with Gasteiger partial charge in [-0.2, -0.15) is 0 Å². The van der Waals surface area contributed by atoms with Crippen LogP contribution in [0.25, 0.3) is 0 Å². The monoisotopic (exact) mass is 324 g/mol. The van der Waals surface area contributed by atoms with Gasteiger partial charge in [0.15, 0.2) is 0 Å². The van der Waals surface area contributed by atoms with E-state index in [1.165, 1.54) is 4.90 Å². The van der Waals surface area contributed by atoms with Crippen LogP contribution in [0.5, 0.6) is 0 Å². The van der Waals surface area contributed by atoms with E-state index < -0.39 is 0 Å². The van der Waals surface area contributed by atoms with Gasteiger partial charge >= 0.3 is 0 Å². The average Bonchev–Trinajstić information content (AvgIpc) is 2.86. The second-order valence-corrected chi connectivity index (χ2v) is 6.42. The van der Waals surface area contributed by atoms with Crippen molar-refractivity contribution in [3.05, 3.63) is 29.3 Å². The fourth-order valence-corrected chi connectivity index (χ4v) is 2.68. The minimum atomic E-state index is -0.269. The van der Waals surface area contributed by atoms with Gasteiger partial charge < -0.3 is 15.1 Å². The second kappa shape index (κ2) is 7.61. The lowest BCUT2D eigenvalue weighted by Crippen LogP contribution is -3.05. The van der Waals surface area contributed by atoms with Gasteiger partial charge in [-0.3, -0.25) is 9.59 Å². The van der Waals surface area contributed by atoms with Crippen LogP contribution in [0.1, 0.15) is 12.8 Å². The van der Waals surface area contributed by atoms with Gasteiger partial charge in [-0.1, -0.05) is 11.6 Å². The summed E-state index contributed by atoms with van der Waals surface area (Å²) in [4.78, 5) is 27.3. The van der Waals surface area contributed by atoms with Crippen molar-refractivity contribution in [3.8, 4) is 0 Å². The van der Waals surface area contributed by atoms with E-state index in [0.29, 0.717) is 18.1 Å². The van der Waals surface area contributed by atoms with Crippen LogP contribution in [-0.2, 0) is 9.59 Å². The van der Waals surface area contributed by atoms with E-state index in [9.17, 15) is 9.59 Å². The number of amides is 2. The maximum atomic E-state index is 12.1. The molecule has 1 aliphatic rings. The highest BCUT2D eigenvalue weighted by Crippen LogP contribution is 2.26. The molecule has 0 spiro atoms. The summed E-state index contributed by atoms with van der Waals surface area (Å²) >= 11 is 5.86. The predicted molar refractivity (Wildman–Crippen MR) is 87.2 cm³/mol. The lowest BCUT2D eigenvalue weighted by molar-refractivity contribution is -0.858. The Bertz CT molecular complexity index is 531. The molecule has 1 aromatic carbocycles. The van der Waals surface area contributed by atoms with Crippen LogP contribution in [0.15, 0.2) is 24.3 Å². The Hall–Kier alpha value is -1.59. The Kier molecular flexibility index (Phi) is 5.80. The number of quaternary nitrogens is 1. The van der Waals surface area contributed by atoms with E-state index in [1.807, 2.05) is 0 Å². The summed E-state index contributed by atoms with van der Waals surface area (Å²) in [6.45, 7) is 2.11. The molecule has 2 amide bonds. The zero-order chi connectivity index (χ0) is 16.1. The molecule has 0 aromatic heterocycles. The molecule has 6 heteroatoms. The number of nitrogens with one attached hydrogen (secondary N) is 2. The van der Waals surface area contributed by atoms with Crippen LogP contribution >= 0.6 is 11.6 Å². The Morgan fingerprint density at radius 3 is 2.68 bits per heavy atom. The average molecular weight is 325 g/mol. The highest BCUT2D eigenvalue weighted by Gasteiger charge is 2.34. The number of hydrogen-bond acceptors (Lipinski definition) is 2. The molecule has 22 heavy (non-hydrogen) atoms. The van der Waals surface area contributed by atoms with E-state index in [0.717, 1.165) is 18.7 Å². The topological polar surface area (TPSA) is 53.9 Å². The number of benzene rings is 1. The van der Waals surface area contributed by atoms with E-state index in [2.05, 4.69) is 19.4 Å². The second-order valence-electron chi connectivity index (χ2n) is 5.98. The fraction of sp³-hybridized carbons (Fsp3) is 0.500. The molecule has 0 saturated carbocycles. The van der Waals surface area contributed by atoms with Crippen LogP contribution < -0.4 is 15.1 Å². The highest BCUT2D eigenvalue weighted by atomic mass is 35.5. The highest BCUT2D eigenvalue weighted by molar-refractivity contribution is 6.30. The van der Waals surface area contributed by atoms with Crippen LogP contribution in [0.4, 0.5) is 5.69 Å². The lowest BCUT2D eigenvalue weighted by Gasteiger charge is -2.16. The summed E-state index contributed by atoms with van der Waals surface area (Å²) in [7, 11) is 4.17. The molecule has 2 N–H and O–H groups in total. The van der Waals surface area contributed by atoms with Crippen molar-refractivity contribution in [3.63, 3.8) is 0 Å². The third kappa shape index (κ3) is 4.45. The molecule has 5 nitrogen and oxygen atoms in total. The van der Waals surface area contributed by atoms with Crippen molar-refractivity contribution in [2.45, 2.75) is 12.8 Å². The van der Waals surface area contributed by atoms with Crippen molar-refractivity contribution < 1.29 is 14.5 Å². The number of carbonyl (C=O) groups excluding carboxylic acids is 2. The summed E-state index contributed by atoms with van der Waals surface area (Å²) in [6, 6.07) is 7.11. The van der Waals surface area contributed by atoms with E-state index in [4.69, 9.17) is 11.6 Å². The normalized spacial score (nSPS) is 18.1. The van der Waals surface area contributed by atoms with Crippen LogP contribution in [0, 0.1) is 5.92 Å². The first kappa shape index (κ1) is 16.8. The standard InChI is InChI=1S/C16H22ClN3O2/c1-19(2)9-3-8-18-16(22)12-10-15(21)20(11-12)14-6-4-13(17)5-7-14/h4-7,12H,3,8-11H2,1-2H3,(H,18,22)/p+1/t12-/m1/s1. The molecule has 1 atom stereocenters. The number of halogens is 1. The summed E-state index contributed by atoms with van der Waals surface area (Å²) in [5, 5.41) is 3.56. The minimum Gasteiger partial charge on any atom is -0.356 e. The zero-order valence-corrected chi connectivity index (χ0v) is 13.8. The Labute approximate surface area is 136 Å². The number of nitrogens with zero attached hydrogens (tertiary/aromatic N) is 1. The smallest absolute Gasteiger partial charge is 0.227 e. The van der Waals surface area contributed by atoms with Crippen molar-refractivity contribution in [1.29, 1.82) is 0 Å². The summed E-state index contributed by atoms with van der Waals surface area (Å²) < 4.78 is 0. The molecule has 2 rings (SSSR count). The molecule has 0 bridgehead atoms. The number of anilines is 1. The van der Waals surface area contributed by atoms with Gasteiger partial charge in [0.05, 0.1) is 26.6 Å². The van der Waals surface area contributed by atoms with E-state index in [1.54, 1.807) is 29.2 Å². The molecule has 1 fully saturated rings. The van der Waals surface area contributed by atoms with Crippen LogP contribution in [0.2, 0.25) is 5.02 Å². The van der Waals surface area contributed by atoms with Gasteiger partial charge in [0, 0.05) is 36.6 Å². The third-order valence-electron chi connectivity index (χ3n) is 3.79. The SMILES string of the molecule is C[NH+](C)CCCNC(=O)[C@@H]1CC(=O)N(c2ccc(Cl)cc2)C1. The molecule has 1 heterocycles. The quantitative estimate of drug-likeness (QED) is 0.742. The molecule has 0 unspecified atom stereocenters. The molecule has 1 saturated heterocycles. The van der Waals surface area contributed by atoms with E-state index in [-0.39, 0.29) is 24.2 Å². The maximum absolute atomic E-state index is 12.1. The molecule has 120 valence electrons. The Morgan fingerprint density at radius 2 is 2.05 bits per heavy atom. The number of rotatable bonds is 6. The van der Waals surface area contributed by atoms with Crippen LogP contribution in [-0.4, -0.2) is 45.5 Å². The third-order valence-corrected chi connectivity index (χ3v) is 4.04. The van der Waals surface area contributed by atoms with Gasteiger partial charge in [-0.15, -0.1) is 0 Å². The number of carbonyl (C=O) groups is 2. The first-order valence-corrected chi connectivity index (χ1v) is 7.98. The van der Waals surface area contributed by atoms with Crippen molar-refractivity contribution >= 4 is 29.1 Å². The lowest BCUT2D eigenvalue weighted by atomic mass is 10.1. The van der Waals surface area contributed by atoms with Crippen molar-refractivity contribution in [1.82, 2.24) is 5.32 Å². The number of hydrogen-bond donors (Lipinski definition) is 2. The largest absolute Gasteiger partial charge is 0.356 e. The maximum Gasteiger partial charge on any atom is 0.227 e. The summed E-state index contributed by atoms with van der Waals surface area (Å²) in [6.07, 6.45) is 1.21. The first-order valence-electron chi connectivity index (χ1n) is 7.60. The summed E-state index contributed by atoms with van der Waals surface area (Å²) in [5.41, 5.74) is 0.793. The minimum absolute atomic E-state index is 0.0137. The first-order chi connectivity index (χ1) is 10.5. The van der Waals surface area contributed by atoms with Gasteiger partial charge in [-0.25, -0.2) is 0 Å².